The number of phosphoric acid groups is 1. The second-order valence-electron chi connectivity index (χ2n) is 18.7. The van der Waals surface area contributed by atoms with Crippen molar-refractivity contribution < 1.29 is 48.5 Å². The van der Waals surface area contributed by atoms with Crippen LogP contribution in [0.2, 0.25) is 10.0 Å². The van der Waals surface area contributed by atoms with E-state index in [1.54, 1.807) is 6.08 Å². The fraction of sp³-hybridized carbons (Fsp3) is 0.644. The van der Waals surface area contributed by atoms with Crippen molar-refractivity contribution >= 4 is 48.5 Å². The number of phenols is 2. The number of phosphoric ester groups is 1. The molecule has 2 aromatic rings. The quantitative estimate of drug-likeness (QED) is 0.0857. The van der Waals surface area contributed by atoms with Gasteiger partial charge in [-0.25, -0.2) is 14.2 Å². The van der Waals surface area contributed by atoms with E-state index in [1.165, 1.54) is 63.5 Å². The molecule has 6 rings (SSSR count). The zero-order valence-electron chi connectivity index (χ0n) is 34.4. The minimum atomic E-state index is -4.48. The number of fused-ring (bicyclic) bond motifs is 5. The van der Waals surface area contributed by atoms with Gasteiger partial charge in [-0.2, -0.15) is 0 Å². The van der Waals surface area contributed by atoms with Gasteiger partial charge < -0.3 is 25.3 Å². The largest absolute Gasteiger partial charge is 0.505 e. The summed E-state index contributed by atoms with van der Waals surface area (Å²) >= 11 is 12.4. The van der Waals surface area contributed by atoms with Crippen LogP contribution in [0.15, 0.2) is 30.3 Å². The van der Waals surface area contributed by atoms with Gasteiger partial charge in [-0.15, -0.1) is 0 Å². The second kappa shape index (κ2) is 17.8. The van der Waals surface area contributed by atoms with Gasteiger partial charge in [0.05, 0.1) is 22.8 Å². The molecule has 13 heteroatoms. The predicted molar refractivity (Wildman–Crippen MR) is 226 cm³/mol. The molecule has 4 saturated carbocycles. The third kappa shape index (κ3) is 9.18. The summed E-state index contributed by atoms with van der Waals surface area (Å²) in [6.45, 7) is 12.0. The van der Waals surface area contributed by atoms with E-state index in [2.05, 4.69) is 34.6 Å². The third-order valence-corrected chi connectivity index (χ3v) is 16.7. The van der Waals surface area contributed by atoms with E-state index in [1.807, 2.05) is 0 Å². The Morgan fingerprint density at radius 2 is 1.43 bits per heavy atom. The molecular formula is C45H61Cl2O10P. The maximum atomic E-state index is 13.4. The Morgan fingerprint density at radius 1 is 0.845 bits per heavy atom. The summed E-state index contributed by atoms with van der Waals surface area (Å²) in [5.74, 6) is 0.771. The van der Waals surface area contributed by atoms with Crippen LogP contribution in [-0.2, 0) is 13.6 Å². The minimum absolute atomic E-state index is 0.0111. The normalized spacial score (nSPS) is 30.8. The number of halogens is 2. The first-order valence-corrected chi connectivity index (χ1v) is 23.4. The van der Waals surface area contributed by atoms with E-state index in [9.17, 15) is 39.5 Å². The molecule has 5 N–H and O–H groups in total. The highest BCUT2D eigenvalue weighted by Crippen LogP contribution is 2.69. The van der Waals surface area contributed by atoms with E-state index >= 15 is 0 Å². The summed E-state index contributed by atoms with van der Waals surface area (Å²) in [4.78, 5) is 34.7. The van der Waals surface area contributed by atoms with Crippen molar-refractivity contribution in [3.8, 4) is 11.5 Å². The molecule has 4 aliphatic carbocycles. The van der Waals surface area contributed by atoms with Crippen LogP contribution in [0.4, 0.5) is 0 Å². The van der Waals surface area contributed by atoms with Crippen LogP contribution < -0.4 is 0 Å². The minimum Gasteiger partial charge on any atom is -0.505 e. The summed E-state index contributed by atoms with van der Waals surface area (Å²) in [7, 11) is -4.48. The highest BCUT2D eigenvalue weighted by Gasteiger charge is 2.60. The third-order valence-electron chi connectivity index (χ3n) is 15.0. The van der Waals surface area contributed by atoms with Gasteiger partial charge in [-0.3, -0.25) is 9.05 Å². The maximum Gasteiger partial charge on any atom is 0.472 e. The van der Waals surface area contributed by atoms with E-state index < -0.39 is 48.5 Å². The summed E-state index contributed by atoms with van der Waals surface area (Å²) in [6.07, 6.45) is 15.1. The Kier molecular flexibility index (Phi) is 13.8. The molecule has 4 aliphatic rings. The lowest BCUT2D eigenvalue weighted by atomic mass is 9.44. The monoisotopic (exact) mass is 862 g/mol. The molecule has 0 bridgehead atoms. The van der Waals surface area contributed by atoms with Crippen LogP contribution in [0.1, 0.15) is 150 Å². The average Bonchev–Trinajstić information content (AvgIpc) is 3.51. The van der Waals surface area contributed by atoms with Crippen LogP contribution in [-0.4, -0.2) is 50.0 Å². The average molecular weight is 864 g/mol. The first-order valence-electron chi connectivity index (χ1n) is 21.1. The number of carboxylic acids is 2. The van der Waals surface area contributed by atoms with Crippen molar-refractivity contribution in [2.75, 3.05) is 6.61 Å². The highest BCUT2D eigenvalue weighted by atomic mass is 35.5. The highest BCUT2D eigenvalue weighted by molar-refractivity contribution is 7.47. The molecule has 2 aromatic carbocycles. The summed E-state index contributed by atoms with van der Waals surface area (Å²) in [5, 5.41) is 39.3. The predicted octanol–water partition coefficient (Wildman–Crippen LogP) is 12.2. The topological polar surface area (TPSA) is 171 Å². The fourth-order valence-electron chi connectivity index (χ4n) is 12.2. The van der Waals surface area contributed by atoms with Crippen LogP contribution in [0.5, 0.6) is 11.5 Å². The zero-order chi connectivity index (χ0) is 42.3. The molecule has 10 nitrogen and oxygen atoms in total. The number of hydrogen-bond donors (Lipinski definition) is 5. The number of carbonyl (C=O) groups is 2. The van der Waals surface area contributed by atoms with Crippen molar-refractivity contribution in [3.63, 3.8) is 0 Å². The second-order valence-corrected chi connectivity index (χ2v) is 20.9. The van der Waals surface area contributed by atoms with E-state index in [0.717, 1.165) is 61.0 Å². The molecule has 0 heterocycles. The molecule has 0 aromatic heterocycles. The lowest BCUT2D eigenvalue weighted by Gasteiger charge is -2.61. The van der Waals surface area contributed by atoms with Crippen LogP contribution >= 0.6 is 31.0 Å². The maximum absolute atomic E-state index is 13.4. The molecule has 0 radical (unpaired) electrons. The molecule has 0 saturated heterocycles. The van der Waals surface area contributed by atoms with Gasteiger partial charge in [-0.05, 0) is 157 Å². The number of aromatic carboxylic acids is 2. The van der Waals surface area contributed by atoms with Crippen molar-refractivity contribution in [1.82, 2.24) is 0 Å². The van der Waals surface area contributed by atoms with Crippen molar-refractivity contribution in [2.45, 2.75) is 124 Å². The molecule has 10 atom stereocenters. The molecular weight excluding hydrogens is 802 g/mol. The Labute approximate surface area is 352 Å². The lowest BCUT2D eigenvalue weighted by Crippen LogP contribution is -2.54. The Hall–Kier alpha value is -2.59. The molecule has 320 valence electrons. The smallest absolute Gasteiger partial charge is 0.472 e. The SMILES string of the molecule is CC(C)CCC[C@@H](C)[C@H]1CC[C@H]2[C@@H]3CCC4CC(OP(=O)(O)OCCC=C(c5cc(Cl)c(O)c(C(=O)O)c5)c5cc(Cl)c(O)c(C(=O)O)c5)CC[C@]4(C)[C@H]3CC[C@]12C. The first kappa shape index (κ1) is 44.9. The molecule has 0 spiro atoms. The van der Waals surface area contributed by atoms with Crippen molar-refractivity contribution in [3.05, 3.63) is 62.6 Å². The first-order chi connectivity index (χ1) is 27.3. The molecule has 0 aliphatic heterocycles. The zero-order valence-corrected chi connectivity index (χ0v) is 36.8. The molecule has 3 unspecified atom stereocenters. The number of rotatable bonds is 15. The van der Waals surface area contributed by atoms with Gasteiger partial charge in [0.25, 0.3) is 0 Å². The van der Waals surface area contributed by atoms with Crippen molar-refractivity contribution in [2.24, 2.45) is 52.3 Å². The molecule has 4 fully saturated rings. The molecule has 0 amide bonds. The van der Waals surface area contributed by atoms with E-state index in [4.69, 9.17) is 32.2 Å². The van der Waals surface area contributed by atoms with Gasteiger partial charge in [0.15, 0.2) is 0 Å². The summed E-state index contributed by atoms with van der Waals surface area (Å²) in [5.41, 5.74) is 0.223. The summed E-state index contributed by atoms with van der Waals surface area (Å²) in [6, 6.07) is 4.92. The van der Waals surface area contributed by atoms with Crippen LogP contribution in [0, 0.1) is 52.3 Å². The van der Waals surface area contributed by atoms with Crippen molar-refractivity contribution in [1.29, 1.82) is 0 Å². The van der Waals surface area contributed by atoms with Gasteiger partial charge in [0.1, 0.15) is 22.6 Å². The standard InChI is InChI=1S/C45H61Cl2O10P/c1-25(2)8-6-9-26(3)35-13-14-36-32-12-11-29-24-30(15-17-44(29,4)37(32)16-18-45(35,36)5)57-58(54,55)56-19-7-10-31(27-20-33(42(50)51)40(48)38(46)22-27)28-21-34(43(52)53)41(49)39(47)23-28/h10,20-23,25-26,29-30,32,35-37,48-49H,6-9,11-19,24H2,1-5H3,(H,50,51)(H,52,53)(H,54,55)/t26-,29?,30?,32+,35-,36+,37+,44+,45-/m1/s1. The van der Waals surface area contributed by atoms with Crippen LogP contribution in [0.3, 0.4) is 0 Å². The summed E-state index contributed by atoms with van der Waals surface area (Å²) < 4.78 is 24.7. The Morgan fingerprint density at radius 3 is 2.02 bits per heavy atom. The van der Waals surface area contributed by atoms with Gasteiger partial charge >= 0.3 is 19.8 Å². The Bertz CT molecular complexity index is 1880. The molecule has 58 heavy (non-hydrogen) atoms. The van der Waals surface area contributed by atoms with Gasteiger partial charge in [0, 0.05) is 0 Å². The van der Waals surface area contributed by atoms with Crippen LogP contribution in [0.25, 0.3) is 5.57 Å². The number of aromatic hydroxyl groups is 2. The lowest BCUT2D eigenvalue weighted by molar-refractivity contribution is -0.128. The number of hydrogen-bond acceptors (Lipinski definition) is 7. The number of carboxylic acid groups (broad SMARTS) is 2. The van der Waals surface area contributed by atoms with E-state index in [-0.39, 0.29) is 45.2 Å². The number of benzene rings is 2. The van der Waals surface area contributed by atoms with Gasteiger partial charge in [-0.1, -0.05) is 83.2 Å². The van der Waals surface area contributed by atoms with E-state index in [0.29, 0.717) is 23.7 Å². The Balaban J connectivity index is 1.10. The fourth-order valence-corrected chi connectivity index (χ4v) is 13.6. The van der Waals surface area contributed by atoms with Gasteiger partial charge in [0.2, 0.25) is 0 Å².